The van der Waals surface area contributed by atoms with Crippen LogP contribution in [0.5, 0.6) is 0 Å². The largest absolute Gasteiger partial charge is 0.315 e. The summed E-state index contributed by atoms with van der Waals surface area (Å²) in [6.07, 6.45) is 2.45. The number of carbonyl (C=O) groups is 1. The predicted molar refractivity (Wildman–Crippen MR) is 79.5 cm³/mol. The van der Waals surface area contributed by atoms with E-state index in [2.05, 4.69) is 29.1 Å². The molecule has 2 rings (SSSR count). The average molecular weight is 290 g/mol. The van der Waals surface area contributed by atoms with Gasteiger partial charge in [-0.2, -0.15) is 5.26 Å². The monoisotopic (exact) mass is 290 g/mol. The second kappa shape index (κ2) is 5.84. The van der Waals surface area contributed by atoms with Crippen molar-refractivity contribution in [2.24, 2.45) is 11.3 Å². The molecule has 106 valence electrons. The molecule has 0 aromatic heterocycles. The van der Waals surface area contributed by atoms with Gasteiger partial charge in [-0.3, -0.25) is 10.2 Å². The van der Waals surface area contributed by atoms with Crippen molar-refractivity contribution in [2.75, 3.05) is 19.6 Å². The van der Waals surface area contributed by atoms with Gasteiger partial charge in [-0.15, -0.1) is 0 Å². The Morgan fingerprint density at radius 2 is 2.20 bits per heavy atom. The minimum absolute atomic E-state index is 0.264. The topological polar surface area (TPSA) is 80.0 Å². The van der Waals surface area contributed by atoms with Gasteiger partial charge in [0.05, 0.1) is 11.6 Å². The molecule has 1 unspecified atom stereocenters. The van der Waals surface area contributed by atoms with Crippen LogP contribution in [0.1, 0.15) is 26.2 Å². The Labute approximate surface area is 124 Å². The number of piperidine rings is 2. The van der Waals surface area contributed by atoms with Crippen LogP contribution in [0, 0.1) is 28.1 Å². The number of hydrogen-bond donors (Lipinski definition) is 2. The maximum absolute atomic E-state index is 12.0. The highest BCUT2D eigenvalue weighted by Gasteiger charge is 2.52. The Morgan fingerprint density at radius 3 is 2.70 bits per heavy atom. The molecule has 0 aliphatic carbocycles. The fourth-order valence-corrected chi connectivity index (χ4v) is 3.62. The lowest BCUT2D eigenvalue weighted by molar-refractivity contribution is -0.126. The van der Waals surface area contributed by atoms with Crippen LogP contribution in [0.4, 0.5) is 0 Å². The summed E-state index contributed by atoms with van der Waals surface area (Å²) in [5.41, 5.74) is -0.102. The van der Waals surface area contributed by atoms with Crippen LogP contribution in [0.3, 0.4) is 0 Å². The van der Waals surface area contributed by atoms with Crippen molar-refractivity contribution in [1.29, 1.82) is 10.7 Å². The van der Waals surface area contributed by atoms with Gasteiger partial charge < -0.3 is 10.2 Å². The highest BCUT2D eigenvalue weighted by molar-refractivity contribution is 7.80. The van der Waals surface area contributed by atoms with E-state index in [1.165, 1.54) is 0 Å². The van der Waals surface area contributed by atoms with E-state index in [9.17, 15) is 10.1 Å². The lowest BCUT2D eigenvalue weighted by atomic mass is 9.62. The molecule has 1 atom stereocenters. The summed E-state index contributed by atoms with van der Waals surface area (Å²) in [5.74, 6) is 1.28. The third-order valence-electron chi connectivity index (χ3n) is 4.32. The van der Waals surface area contributed by atoms with Gasteiger partial charge in [-0.1, -0.05) is 19.1 Å². The Morgan fingerprint density at radius 1 is 1.55 bits per heavy atom. The summed E-state index contributed by atoms with van der Waals surface area (Å²) in [7, 11) is 0. The normalized spacial score (nSPS) is 26.0. The van der Waals surface area contributed by atoms with Crippen LogP contribution in [-0.4, -0.2) is 41.3 Å². The van der Waals surface area contributed by atoms with E-state index in [0.717, 1.165) is 26.1 Å². The molecule has 2 heterocycles. The molecule has 2 aliphatic rings. The smallest absolute Gasteiger partial charge is 0.243 e. The van der Waals surface area contributed by atoms with Gasteiger partial charge in [-0.05, 0) is 44.8 Å². The number of nitrogens with one attached hydrogen (secondary N) is 2. The Kier molecular flexibility index (Phi) is 4.34. The van der Waals surface area contributed by atoms with Crippen LogP contribution in [-0.2, 0) is 4.79 Å². The number of nitrogens with zero attached hydrogens (tertiary/aromatic N) is 2. The maximum atomic E-state index is 12.0. The molecule has 5 nitrogen and oxygen atoms in total. The van der Waals surface area contributed by atoms with E-state index in [-0.39, 0.29) is 10.9 Å². The predicted octanol–water partition coefficient (Wildman–Crippen LogP) is 1.25. The molecule has 6 heteroatoms. The van der Waals surface area contributed by atoms with Gasteiger partial charge in [0.15, 0.2) is 0 Å². The first kappa shape index (κ1) is 14.9. The summed E-state index contributed by atoms with van der Waals surface area (Å²) >= 11 is 5.16. The molecule has 1 spiro atoms. The average Bonchev–Trinajstić information content (AvgIpc) is 2.42. The molecule has 2 fully saturated rings. The molecular formula is C14H18N4OS. The molecule has 2 N–H and O–H groups in total. The number of thiocarbonyl (C=S) groups is 1. The molecule has 0 aromatic carbocycles. The number of amides is 1. The summed E-state index contributed by atoms with van der Waals surface area (Å²) in [6, 6.07) is 2.11. The number of hydrogen-bond acceptors (Lipinski definition) is 5. The van der Waals surface area contributed by atoms with Gasteiger partial charge in [0, 0.05) is 5.41 Å². The zero-order valence-corrected chi connectivity index (χ0v) is 12.3. The first-order chi connectivity index (χ1) is 9.58. The van der Waals surface area contributed by atoms with E-state index in [4.69, 9.17) is 17.6 Å². The molecular weight excluding hydrogens is 272 g/mol. The fraction of sp³-hybridized carbons (Fsp3) is 0.643. The highest BCUT2D eigenvalue weighted by atomic mass is 32.1. The van der Waals surface area contributed by atoms with Gasteiger partial charge in [0.25, 0.3) is 0 Å². The summed E-state index contributed by atoms with van der Waals surface area (Å²) < 4.78 is 0. The van der Waals surface area contributed by atoms with E-state index in [1.807, 2.05) is 0 Å². The lowest BCUT2D eigenvalue weighted by Crippen LogP contribution is -2.56. The molecule has 0 radical (unpaired) electrons. The molecule has 0 saturated carbocycles. The molecule has 0 bridgehead atoms. The van der Waals surface area contributed by atoms with Gasteiger partial charge in [0.1, 0.15) is 10.9 Å². The zero-order valence-electron chi connectivity index (χ0n) is 11.5. The Bertz CT molecular complexity index is 522. The van der Waals surface area contributed by atoms with E-state index < -0.39 is 11.3 Å². The first-order valence-electron chi connectivity index (χ1n) is 6.86. The Balaban J connectivity index is 2.34. The summed E-state index contributed by atoms with van der Waals surface area (Å²) in [4.78, 5) is 14.6. The lowest BCUT2D eigenvalue weighted by Gasteiger charge is -2.46. The SMILES string of the molecule is CCCN1CCC2(CC1)C(=C=N)C(=S)NC(=O)C2C#N. The third kappa shape index (κ3) is 2.29. The van der Waals surface area contributed by atoms with Crippen molar-refractivity contribution in [3.63, 3.8) is 0 Å². The van der Waals surface area contributed by atoms with Gasteiger partial charge in [0.2, 0.25) is 5.91 Å². The van der Waals surface area contributed by atoms with Crippen LogP contribution in [0.2, 0.25) is 0 Å². The molecule has 1 amide bonds. The second-order valence-corrected chi connectivity index (χ2v) is 5.79. The quantitative estimate of drug-likeness (QED) is 0.456. The van der Waals surface area contributed by atoms with Gasteiger partial charge >= 0.3 is 0 Å². The first-order valence-corrected chi connectivity index (χ1v) is 7.27. The minimum Gasteiger partial charge on any atom is -0.315 e. The molecule has 2 saturated heterocycles. The fourth-order valence-electron chi connectivity index (χ4n) is 3.26. The van der Waals surface area contributed by atoms with Gasteiger partial charge in [-0.25, -0.2) is 0 Å². The van der Waals surface area contributed by atoms with Crippen molar-refractivity contribution in [2.45, 2.75) is 26.2 Å². The molecule has 20 heavy (non-hydrogen) atoms. The van der Waals surface area contributed by atoms with Crippen molar-refractivity contribution in [1.82, 2.24) is 10.2 Å². The number of nitriles is 1. The van der Waals surface area contributed by atoms with Crippen molar-refractivity contribution in [3.8, 4) is 6.07 Å². The molecule has 2 aliphatic heterocycles. The van der Waals surface area contributed by atoms with Crippen LogP contribution >= 0.6 is 12.2 Å². The second-order valence-electron chi connectivity index (χ2n) is 5.38. The third-order valence-corrected chi connectivity index (χ3v) is 4.62. The van der Waals surface area contributed by atoms with Crippen LogP contribution < -0.4 is 5.32 Å². The van der Waals surface area contributed by atoms with Crippen molar-refractivity contribution < 1.29 is 4.79 Å². The van der Waals surface area contributed by atoms with Crippen LogP contribution in [0.15, 0.2) is 5.57 Å². The standard InChI is InChI=1S/C14H18N4OS/c1-2-5-18-6-3-14(4-7-18)10(8-15)12(19)17-13(20)11(14)9-16/h10,16H,2-7H2,1H3,(H,17,19,20). The summed E-state index contributed by atoms with van der Waals surface area (Å²) in [6.45, 7) is 4.81. The molecule has 0 aromatic rings. The van der Waals surface area contributed by atoms with Crippen molar-refractivity contribution >= 4 is 29.0 Å². The van der Waals surface area contributed by atoms with E-state index in [0.29, 0.717) is 18.4 Å². The van der Waals surface area contributed by atoms with E-state index in [1.54, 1.807) is 0 Å². The van der Waals surface area contributed by atoms with Crippen molar-refractivity contribution in [3.05, 3.63) is 5.57 Å². The number of carbonyl (C=O) groups excluding carboxylic acids is 1. The minimum atomic E-state index is -0.772. The summed E-state index contributed by atoms with van der Waals surface area (Å²) in [5, 5.41) is 19.4. The number of likely N-dealkylation sites (tertiary alicyclic amines) is 1. The highest BCUT2D eigenvalue weighted by Crippen LogP contribution is 2.46. The van der Waals surface area contributed by atoms with E-state index >= 15 is 0 Å². The zero-order chi connectivity index (χ0) is 14.8. The maximum Gasteiger partial charge on any atom is 0.243 e. The Hall–Kier alpha value is -1.54. The van der Waals surface area contributed by atoms with Crippen LogP contribution in [0.25, 0.3) is 0 Å². The number of rotatable bonds is 2.